The Kier molecular flexibility index (Phi) is 5.80. The summed E-state index contributed by atoms with van der Waals surface area (Å²) in [7, 11) is 1.28. The van der Waals surface area contributed by atoms with Crippen molar-refractivity contribution in [1.82, 2.24) is 20.4 Å². The van der Waals surface area contributed by atoms with E-state index in [-0.39, 0.29) is 6.54 Å². The van der Waals surface area contributed by atoms with Crippen molar-refractivity contribution in [3.05, 3.63) is 18.0 Å². The largest absolute Gasteiger partial charge is 0.479 e. The summed E-state index contributed by atoms with van der Waals surface area (Å²) in [5, 5.41) is 17.8. The molecule has 0 spiro atoms. The Morgan fingerprint density at radius 2 is 2.26 bits per heavy atom. The Morgan fingerprint density at radius 1 is 1.53 bits per heavy atom. The average Bonchev–Trinajstić information content (AvgIpc) is 2.75. The molecule has 1 unspecified atom stereocenters. The van der Waals surface area contributed by atoms with E-state index in [1.54, 1.807) is 10.9 Å². The lowest BCUT2D eigenvalue weighted by Gasteiger charge is -2.12. The Morgan fingerprint density at radius 3 is 2.79 bits per heavy atom. The summed E-state index contributed by atoms with van der Waals surface area (Å²) < 4.78 is 6.40. The van der Waals surface area contributed by atoms with Crippen LogP contribution in [0.3, 0.4) is 0 Å². The van der Waals surface area contributed by atoms with Crippen LogP contribution in [-0.2, 0) is 16.1 Å². The van der Waals surface area contributed by atoms with E-state index >= 15 is 0 Å². The number of carboxylic acids is 1. The molecule has 19 heavy (non-hydrogen) atoms. The molecule has 8 nitrogen and oxygen atoms in total. The molecule has 0 aliphatic heterocycles. The summed E-state index contributed by atoms with van der Waals surface area (Å²) in [6, 6.07) is -0.438. The zero-order chi connectivity index (χ0) is 14.3. The third-order valence-corrected chi connectivity index (χ3v) is 2.40. The zero-order valence-electron chi connectivity index (χ0n) is 10.9. The summed E-state index contributed by atoms with van der Waals surface area (Å²) >= 11 is 0. The van der Waals surface area contributed by atoms with Gasteiger partial charge in [0.15, 0.2) is 6.10 Å². The normalized spacial score (nSPS) is 11.9. The van der Waals surface area contributed by atoms with Crippen LogP contribution in [0.5, 0.6) is 0 Å². The van der Waals surface area contributed by atoms with Crippen molar-refractivity contribution in [2.24, 2.45) is 0 Å². The first-order chi connectivity index (χ1) is 9.02. The lowest BCUT2D eigenvalue weighted by atomic mass is 10.3. The lowest BCUT2D eigenvalue weighted by Crippen LogP contribution is -2.43. The second-order valence-corrected chi connectivity index (χ2v) is 3.98. The molecule has 106 valence electrons. The van der Waals surface area contributed by atoms with Crippen LogP contribution in [0.25, 0.3) is 0 Å². The van der Waals surface area contributed by atoms with E-state index < -0.39 is 18.1 Å². The van der Waals surface area contributed by atoms with Gasteiger partial charge < -0.3 is 20.5 Å². The van der Waals surface area contributed by atoms with Gasteiger partial charge in [-0.25, -0.2) is 9.59 Å². The van der Waals surface area contributed by atoms with E-state index in [1.807, 2.05) is 13.1 Å². The maximum absolute atomic E-state index is 11.4. The van der Waals surface area contributed by atoms with E-state index in [0.29, 0.717) is 13.1 Å². The van der Waals surface area contributed by atoms with E-state index in [4.69, 9.17) is 5.11 Å². The number of aliphatic carboxylic acids is 1. The summed E-state index contributed by atoms with van der Waals surface area (Å²) in [5.74, 6) is -1.12. The van der Waals surface area contributed by atoms with Crippen LogP contribution in [-0.4, -0.2) is 53.2 Å². The molecule has 2 amide bonds. The summed E-state index contributed by atoms with van der Waals surface area (Å²) in [6.45, 7) is 2.80. The van der Waals surface area contributed by atoms with Crippen molar-refractivity contribution in [2.45, 2.75) is 19.6 Å². The molecule has 1 heterocycles. The van der Waals surface area contributed by atoms with E-state index in [1.165, 1.54) is 7.11 Å². The standard InChI is InChI=1S/C11H18N4O4/c1-8-5-14-15(7-8)4-3-12-11(18)13-6-9(19-2)10(16)17/h5,7,9H,3-4,6H2,1-2H3,(H,16,17)(H2,12,13,18). The molecular formula is C11H18N4O4. The number of methoxy groups -OCH3 is 1. The number of nitrogens with zero attached hydrogens (tertiary/aromatic N) is 2. The van der Waals surface area contributed by atoms with Crippen molar-refractivity contribution in [3.8, 4) is 0 Å². The molecule has 0 saturated carbocycles. The summed E-state index contributed by atoms with van der Waals surface area (Å²) in [5.41, 5.74) is 1.05. The van der Waals surface area contributed by atoms with Crippen LogP contribution in [0.1, 0.15) is 5.56 Å². The number of carboxylic acid groups (broad SMARTS) is 1. The fourth-order valence-corrected chi connectivity index (χ4v) is 1.39. The van der Waals surface area contributed by atoms with Crippen molar-refractivity contribution in [2.75, 3.05) is 20.2 Å². The molecule has 0 bridgehead atoms. The van der Waals surface area contributed by atoms with E-state index in [9.17, 15) is 9.59 Å². The van der Waals surface area contributed by atoms with Crippen LogP contribution in [0.15, 0.2) is 12.4 Å². The maximum Gasteiger partial charge on any atom is 0.334 e. The second-order valence-electron chi connectivity index (χ2n) is 3.98. The van der Waals surface area contributed by atoms with Gasteiger partial charge in [0, 0.05) is 19.9 Å². The average molecular weight is 270 g/mol. The number of nitrogens with one attached hydrogen (secondary N) is 2. The first-order valence-corrected chi connectivity index (χ1v) is 5.79. The number of hydrogen-bond donors (Lipinski definition) is 3. The predicted molar refractivity (Wildman–Crippen MR) is 66.8 cm³/mol. The third kappa shape index (κ3) is 5.38. The number of carbonyl (C=O) groups excluding carboxylic acids is 1. The van der Waals surface area contributed by atoms with Crippen LogP contribution in [0.2, 0.25) is 0 Å². The maximum atomic E-state index is 11.4. The third-order valence-electron chi connectivity index (χ3n) is 2.40. The number of amides is 2. The number of ether oxygens (including phenoxy) is 1. The molecule has 0 aliphatic rings. The Bertz CT molecular complexity index is 432. The highest BCUT2D eigenvalue weighted by Crippen LogP contribution is 1.92. The van der Waals surface area contributed by atoms with Crippen molar-refractivity contribution in [1.29, 1.82) is 0 Å². The number of aromatic nitrogens is 2. The van der Waals surface area contributed by atoms with Gasteiger partial charge in [0.1, 0.15) is 0 Å². The van der Waals surface area contributed by atoms with Crippen molar-refractivity contribution < 1.29 is 19.4 Å². The van der Waals surface area contributed by atoms with Crippen LogP contribution in [0.4, 0.5) is 4.79 Å². The topological polar surface area (TPSA) is 105 Å². The van der Waals surface area contributed by atoms with Gasteiger partial charge in [-0.3, -0.25) is 4.68 Å². The number of rotatable bonds is 7. The Balaban J connectivity index is 2.19. The number of urea groups is 1. The molecule has 0 fully saturated rings. The molecule has 0 saturated heterocycles. The Labute approximate surface area is 110 Å². The number of hydrogen-bond acceptors (Lipinski definition) is 4. The first-order valence-electron chi connectivity index (χ1n) is 5.79. The van der Waals surface area contributed by atoms with Crippen LogP contribution in [0, 0.1) is 6.92 Å². The van der Waals surface area contributed by atoms with Gasteiger partial charge in [-0.05, 0) is 12.5 Å². The minimum Gasteiger partial charge on any atom is -0.479 e. The van der Waals surface area contributed by atoms with E-state index in [0.717, 1.165) is 5.56 Å². The fraction of sp³-hybridized carbons (Fsp3) is 0.545. The van der Waals surface area contributed by atoms with Gasteiger partial charge in [0.2, 0.25) is 0 Å². The molecule has 1 aromatic rings. The van der Waals surface area contributed by atoms with Gasteiger partial charge in [0.25, 0.3) is 0 Å². The molecule has 1 aromatic heterocycles. The highest BCUT2D eigenvalue weighted by molar-refractivity contribution is 5.76. The molecular weight excluding hydrogens is 252 g/mol. The second kappa shape index (κ2) is 7.37. The molecule has 1 rings (SSSR count). The predicted octanol–water partition coefficient (Wildman–Crippen LogP) is -0.410. The van der Waals surface area contributed by atoms with Gasteiger partial charge in [-0.2, -0.15) is 5.10 Å². The molecule has 3 N–H and O–H groups in total. The fourth-order valence-electron chi connectivity index (χ4n) is 1.39. The molecule has 0 radical (unpaired) electrons. The molecule has 0 aliphatic carbocycles. The minimum absolute atomic E-state index is 0.0848. The summed E-state index contributed by atoms with van der Waals surface area (Å²) in [6.07, 6.45) is 2.56. The van der Waals surface area contributed by atoms with Crippen molar-refractivity contribution >= 4 is 12.0 Å². The highest BCUT2D eigenvalue weighted by atomic mass is 16.5. The SMILES string of the molecule is COC(CNC(=O)NCCn1cc(C)cn1)C(=O)O. The minimum atomic E-state index is -1.12. The van der Waals surface area contributed by atoms with Gasteiger partial charge in [-0.1, -0.05) is 0 Å². The first kappa shape index (κ1) is 15.0. The van der Waals surface area contributed by atoms with Crippen LogP contribution < -0.4 is 10.6 Å². The summed E-state index contributed by atoms with van der Waals surface area (Å²) in [4.78, 5) is 22.0. The highest BCUT2D eigenvalue weighted by Gasteiger charge is 2.16. The van der Waals surface area contributed by atoms with E-state index in [2.05, 4.69) is 20.5 Å². The van der Waals surface area contributed by atoms with Crippen molar-refractivity contribution in [3.63, 3.8) is 0 Å². The van der Waals surface area contributed by atoms with Gasteiger partial charge >= 0.3 is 12.0 Å². The monoisotopic (exact) mass is 270 g/mol. The lowest BCUT2D eigenvalue weighted by molar-refractivity contribution is -0.147. The Hall–Kier alpha value is -2.09. The number of aryl methyl sites for hydroxylation is 1. The van der Waals surface area contributed by atoms with Gasteiger partial charge in [-0.15, -0.1) is 0 Å². The quantitative estimate of drug-likeness (QED) is 0.624. The van der Waals surface area contributed by atoms with Gasteiger partial charge in [0.05, 0.1) is 19.3 Å². The smallest absolute Gasteiger partial charge is 0.334 e. The number of carbonyl (C=O) groups is 2. The molecule has 0 aromatic carbocycles. The molecule has 1 atom stereocenters. The zero-order valence-corrected chi connectivity index (χ0v) is 10.9. The molecule has 8 heteroatoms. The van der Waals surface area contributed by atoms with Crippen LogP contribution >= 0.6 is 0 Å².